The molecule has 0 spiro atoms. The summed E-state index contributed by atoms with van der Waals surface area (Å²) in [4.78, 5) is 26.7. The Morgan fingerprint density at radius 3 is 2.62 bits per heavy atom. The second-order valence-corrected chi connectivity index (χ2v) is 8.57. The van der Waals surface area contributed by atoms with Crippen LogP contribution in [0.2, 0.25) is 0 Å². The Morgan fingerprint density at radius 2 is 1.83 bits per heavy atom. The number of allylic oxidation sites excluding steroid dienone is 2. The Hall–Kier alpha value is -1.70. The quantitative estimate of drug-likeness (QED) is 0.687. The molecule has 4 aliphatic carbocycles. The highest BCUT2D eigenvalue weighted by Crippen LogP contribution is 2.60. The van der Waals surface area contributed by atoms with E-state index in [9.17, 15) is 9.59 Å². The van der Waals surface area contributed by atoms with E-state index in [2.05, 4.69) is 25.1 Å². The van der Waals surface area contributed by atoms with E-state index < -0.39 is 0 Å². The summed E-state index contributed by atoms with van der Waals surface area (Å²) in [5.41, 5.74) is 2.56. The molecule has 0 aliphatic heterocycles. The first-order chi connectivity index (χ1) is 11.6. The molecule has 1 aromatic rings. The summed E-state index contributed by atoms with van der Waals surface area (Å²) < 4.78 is 0. The first-order valence-corrected chi connectivity index (χ1v) is 9.51. The second-order valence-electron chi connectivity index (χ2n) is 8.57. The van der Waals surface area contributed by atoms with Crippen molar-refractivity contribution >= 4 is 11.6 Å². The highest BCUT2D eigenvalue weighted by atomic mass is 16.1. The maximum Gasteiger partial charge on any atom is 0.168 e. The van der Waals surface area contributed by atoms with Gasteiger partial charge < -0.3 is 0 Å². The van der Waals surface area contributed by atoms with Crippen LogP contribution in [-0.4, -0.2) is 11.6 Å². The van der Waals surface area contributed by atoms with Gasteiger partial charge in [-0.2, -0.15) is 0 Å². The minimum Gasteiger partial charge on any atom is -0.294 e. The summed E-state index contributed by atoms with van der Waals surface area (Å²) in [6.45, 7) is 2.16. The summed E-state index contributed by atoms with van der Waals surface area (Å²) in [5.74, 6) is 0.977. The predicted molar refractivity (Wildman–Crippen MR) is 93.3 cm³/mol. The van der Waals surface area contributed by atoms with E-state index in [0.29, 0.717) is 11.5 Å². The molecule has 2 saturated carbocycles. The molecular weight excluding hydrogens is 296 g/mol. The van der Waals surface area contributed by atoms with Crippen LogP contribution in [0.1, 0.15) is 77.6 Å². The zero-order valence-electron chi connectivity index (χ0n) is 14.3. The van der Waals surface area contributed by atoms with E-state index in [4.69, 9.17) is 0 Å². The Balaban J connectivity index is 1.65. The zero-order chi connectivity index (χ0) is 16.5. The maximum absolute atomic E-state index is 13.5. The molecule has 24 heavy (non-hydrogen) atoms. The first-order valence-electron chi connectivity index (χ1n) is 9.51. The van der Waals surface area contributed by atoms with Crippen LogP contribution in [0, 0.1) is 23.2 Å². The van der Waals surface area contributed by atoms with Gasteiger partial charge in [-0.25, -0.2) is 0 Å². The molecule has 0 amide bonds. The second kappa shape index (κ2) is 4.91. The van der Waals surface area contributed by atoms with Crippen molar-refractivity contribution in [2.75, 3.05) is 0 Å². The topological polar surface area (TPSA) is 34.1 Å². The monoisotopic (exact) mass is 320 g/mol. The van der Waals surface area contributed by atoms with E-state index in [0.717, 1.165) is 24.8 Å². The molecule has 1 aromatic carbocycles. The van der Waals surface area contributed by atoms with Crippen molar-refractivity contribution in [1.29, 1.82) is 0 Å². The Labute approximate surface area is 143 Å². The average Bonchev–Trinajstić information content (AvgIpc) is 3.14. The molecule has 2 bridgehead atoms. The van der Waals surface area contributed by atoms with Crippen LogP contribution in [0.3, 0.4) is 0 Å². The number of ketones is 2. The van der Waals surface area contributed by atoms with Gasteiger partial charge in [0.1, 0.15) is 0 Å². The summed E-state index contributed by atoms with van der Waals surface area (Å²) in [7, 11) is 0. The summed E-state index contributed by atoms with van der Waals surface area (Å²) in [6, 6.07) is 6.02. The number of fused-ring (bicyclic) bond motifs is 6. The number of carbonyl (C=O) groups is 2. The largest absolute Gasteiger partial charge is 0.294 e. The Kier molecular flexibility index (Phi) is 2.99. The lowest BCUT2D eigenvalue weighted by molar-refractivity contribution is 0.0675. The highest BCUT2D eigenvalue weighted by molar-refractivity contribution is 6.17. The van der Waals surface area contributed by atoms with Crippen LogP contribution in [-0.2, 0) is 0 Å². The fourth-order valence-corrected chi connectivity index (χ4v) is 6.07. The Morgan fingerprint density at radius 1 is 1.04 bits per heavy atom. The van der Waals surface area contributed by atoms with Crippen LogP contribution in [0.15, 0.2) is 30.4 Å². The lowest BCUT2D eigenvalue weighted by Gasteiger charge is -2.37. The predicted octanol–water partition coefficient (Wildman–Crippen LogP) is 4.94. The van der Waals surface area contributed by atoms with E-state index >= 15 is 0 Å². The fraction of sp³-hybridized carbons (Fsp3) is 0.545. The average molecular weight is 320 g/mol. The van der Waals surface area contributed by atoms with Gasteiger partial charge in [-0.05, 0) is 42.1 Å². The van der Waals surface area contributed by atoms with Gasteiger partial charge in [0.25, 0.3) is 0 Å². The van der Waals surface area contributed by atoms with Crippen molar-refractivity contribution in [2.45, 2.75) is 51.4 Å². The number of Topliss-reactive ketones (excluding diaryl/α,β-unsaturated/α-hetero) is 2. The smallest absolute Gasteiger partial charge is 0.168 e. The number of hydrogen-bond acceptors (Lipinski definition) is 2. The summed E-state index contributed by atoms with van der Waals surface area (Å²) in [6.07, 6.45) is 11.5. The fourth-order valence-electron chi connectivity index (χ4n) is 6.07. The third kappa shape index (κ3) is 1.77. The standard InChI is InChI=1S/C22H24O2/c1-22-11-10-14(12-22)17-19(22)20(23)16-9-5-8-15(18(16)21(17)24)13-6-3-2-4-7-13/h5,8-11,13-14,17,19H,2-4,6-7,12H2,1H3. The van der Waals surface area contributed by atoms with Crippen LogP contribution < -0.4 is 0 Å². The molecule has 2 fully saturated rings. The van der Waals surface area contributed by atoms with Gasteiger partial charge in [0.05, 0.1) is 0 Å². The first kappa shape index (κ1) is 14.6. The van der Waals surface area contributed by atoms with Gasteiger partial charge in [0.15, 0.2) is 11.6 Å². The molecule has 0 aromatic heterocycles. The molecule has 4 atom stereocenters. The maximum atomic E-state index is 13.5. The Bertz CT molecular complexity index is 768. The molecule has 2 heteroatoms. The zero-order valence-corrected chi connectivity index (χ0v) is 14.3. The van der Waals surface area contributed by atoms with Gasteiger partial charge in [-0.1, -0.05) is 56.5 Å². The van der Waals surface area contributed by atoms with Gasteiger partial charge >= 0.3 is 0 Å². The lowest BCUT2D eigenvalue weighted by Crippen LogP contribution is -2.42. The molecule has 124 valence electrons. The van der Waals surface area contributed by atoms with Gasteiger partial charge in [-0.15, -0.1) is 0 Å². The van der Waals surface area contributed by atoms with Crippen molar-refractivity contribution < 1.29 is 9.59 Å². The number of benzene rings is 1. The van der Waals surface area contributed by atoms with E-state index in [1.54, 1.807) is 0 Å². The normalized spacial score (nSPS) is 37.6. The number of hydrogen-bond donors (Lipinski definition) is 0. The number of carbonyl (C=O) groups excluding carboxylic acids is 2. The third-order valence-corrected chi connectivity index (χ3v) is 7.17. The highest BCUT2D eigenvalue weighted by Gasteiger charge is 2.60. The van der Waals surface area contributed by atoms with Crippen molar-refractivity contribution in [1.82, 2.24) is 0 Å². The molecule has 4 unspecified atom stereocenters. The van der Waals surface area contributed by atoms with Crippen LogP contribution >= 0.6 is 0 Å². The lowest BCUT2D eigenvalue weighted by atomic mass is 9.63. The van der Waals surface area contributed by atoms with Gasteiger partial charge in [0, 0.05) is 23.0 Å². The number of rotatable bonds is 1. The van der Waals surface area contributed by atoms with E-state index in [1.807, 2.05) is 12.1 Å². The molecular formula is C22H24O2. The minimum absolute atomic E-state index is 0.107. The van der Waals surface area contributed by atoms with Gasteiger partial charge in [0.2, 0.25) is 0 Å². The minimum atomic E-state index is -0.130. The van der Waals surface area contributed by atoms with Crippen molar-refractivity contribution in [3.8, 4) is 0 Å². The molecule has 0 saturated heterocycles. The van der Waals surface area contributed by atoms with Crippen LogP contribution in [0.4, 0.5) is 0 Å². The molecule has 2 nitrogen and oxygen atoms in total. The molecule has 0 heterocycles. The molecule has 0 radical (unpaired) electrons. The molecule has 0 N–H and O–H groups in total. The van der Waals surface area contributed by atoms with E-state index in [-0.39, 0.29) is 34.7 Å². The van der Waals surface area contributed by atoms with E-state index in [1.165, 1.54) is 24.8 Å². The van der Waals surface area contributed by atoms with Crippen LogP contribution in [0.25, 0.3) is 0 Å². The third-order valence-electron chi connectivity index (χ3n) is 7.17. The van der Waals surface area contributed by atoms with Crippen molar-refractivity contribution in [3.63, 3.8) is 0 Å². The SMILES string of the molecule is CC12C=CC(C1)C1C(=O)c3c(cccc3C3CCCCC3)C(=O)C12. The molecule has 4 aliphatic rings. The van der Waals surface area contributed by atoms with Crippen molar-refractivity contribution in [3.05, 3.63) is 47.0 Å². The molecule has 5 rings (SSSR count). The van der Waals surface area contributed by atoms with Gasteiger partial charge in [-0.3, -0.25) is 9.59 Å². The summed E-state index contributed by atoms with van der Waals surface area (Å²) >= 11 is 0. The van der Waals surface area contributed by atoms with Crippen molar-refractivity contribution in [2.24, 2.45) is 23.2 Å². The van der Waals surface area contributed by atoms with Crippen LogP contribution in [0.5, 0.6) is 0 Å². The summed E-state index contributed by atoms with van der Waals surface area (Å²) in [5, 5.41) is 0.